The lowest BCUT2D eigenvalue weighted by Gasteiger charge is -2.42. The summed E-state index contributed by atoms with van der Waals surface area (Å²) in [6.07, 6.45) is 1.42. The molecule has 5 nitrogen and oxygen atoms in total. The third-order valence-electron chi connectivity index (χ3n) is 5.04. The Kier molecular flexibility index (Phi) is 5.10. The maximum Gasteiger partial charge on any atom is 0.292 e. The van der Waals surface area contributed by atoms with E-state index in [-0.39, 0.29) is 10.7 Å². The Bertz CT molecular complexity index is 1110. The number of hydrogen-bond donors (Lipinski definition) is 0. The molecule has 1 aliphatic rings. The van der Waals surface area contributed by atoms with E-state index in [4.69, 9.17) is 16.3 Å². The largest absolute Gasteiger partial charge is 0.367 e. The van der Waals surface area contributed by atoms with Gasteiger partial charge in [-0.1, -0.05) is 41.9 Å². The first kappa shape index (κ1) is 19.5. The number of benzene rings is 2. The van der Waals surface area contributed by atoms with Gasteiger partial charge in [0.05, 0.1) is 25.0 Å². The molecule has 1 saturated heterocycles. The average molecular weight is 418 g/mol. The molecule has 0 radical (unpaired) electrons. The van der Waals surface area contributed by atoms with E-state index < -0.39 is 22.8 Å². The van der Waals surface area contributed by atoms with Crippen LogP contribution in [-0.4, -0.2) is 29.5 Å². The molecule has 2 heterocycles. The van der Waals surface area contributed by atoms with Crippen molar-refractivity contribution in [2.75, 3.05) is 24.6 Å². The van der Waals surface area contributed by atoms with Gasteiger partial charge in [0.1, 0.15) is 22.1 Å². The summed E-state index contributed by atoms with van der Waals surface area (Å²) in [6, 6.07) is 12.7. The fourth-order valence-electron chi connectivity index (χ4n) is 3.51. The van der Waals surface area contributed by atoms with Crippen LogP contribution in [0.3, 0.4) is 0 Å². The molecule has 0 bridgehead atoms. The minimum absolute atomic E-state index is 0.0824. The maximum absolute atomic E-state index is 14.1. The van der Waals surface area contributed by atoms with Gasteiger partial charge in [0.2, 0.25) is 0 Å². The Labute approximate surface area is 171 Å². The van der Waals surface area contributed by atoms with Gasteiger partial charge in [-0.05, 0) is 24.6 Å². The second-order valence-electron chi connectivity index (χ2n) is 7.02. The zero-order chi connectivity index (χ0) is 20.6. The third-order valence-corrected chi connectivity index (χ3v) is 5.39. The molecule has 1 aromatic heterocycles. The number of aromatic nitrogens is 2. The zero-order valence-corrected chi connectivity index (χ0v) is 16.4. The van der Waals surface area contributed by atoms with Crippen LogP contribution in [0.1, 0.15) is 12.5 Å². The fourth-order valence-corrected chi connectivity index (χ4v) is 3.76. The van der Waals surface area contributed by atoms with Crippen LogP contribution in [0.4, 0.5) is 14.5 Å². The highest BCUT2D eigenvalue weighted by Crippen LogP contribution is 2.33. The number of anilines is 1. The van der Waals surface area contributed by atoms with Crippen LogP contribution in [-0.2, 0) is 10.3 Å². The van der Waals surface area contributed by atoms with Crippen molar-refractivity contribution in [1.29, 1.82) is 0 Å². The van der Waals surface area contributed by atoms with E-state index in [1.54, 1.807) is 0 Å². The molecule has 0 N–H and O–H groups in total. The Balaban J connectivity index is 1.69. The molecule has 0 saturated carbocycles. The van der Waals surface area contributed by atoms with Crippen molar-refractivity contribution in [1.82, 2.24) is 9.78 Å². The third kappa shape index (κ3) is 3.63. The van der Waals surface area contributed by atoms with Crippen LogP contribution < -0.4 is 10.5 Å². The summed E-state index contributed by atoms with van der Waals surface area (Å²) in [5.74, 6) is -1.64. The Morgan fingerprint density at radius 2 is 1.90 bits per heavy atom. The summed E-state index contributed by atoms with van der Waals surface area (Å²) in [5, 5.41) is 3.99. The predicted molar refractivity (Wildman–Crippen MR) is 107 cm³/mol. The summed E-state index contributed by atoms with van der Waals surface area (Å²) in [6.45, 7) is 3.41. The van der Waals surface area contributed by atoms with Gasteiger partial charge in [-0.15, -0.1) is 0 Å². The van der Waals surface area contributed by atoms with E-state index in [0.29, 0.717) is 31.5 Å². The monoisotopic (exact) mass is 417 g/mol. The molecule has 0 amide bonds. The molecule has 150 valence electrons. The van der Waals surface area contributed by atoms with Crippen molar-refractivity contribution in [2.45, 2.75) is 12.5 Å². The van der Waals surface area contributed by atoms with Crippen LogP contribution in [0, 0.1) is 11.6 Å². The van der Waals surface area contributed by atoms with Gasteiger partial charge in [0.25, 0.3) is 5.56 Å². The van der Waals surface area contributed by atoms with E-state index in [0.717, 1.165) is 22.4 Å². The highest BCUT2D eigenvalue weighted by Gasteiger charge is 2.35. The first-order chi connectivity index (χ1) is 13.9. The minimum atomic E-state index is -0.897. The molecule has 0 aliphatic carbocycles. The van der Waals surface area contributed by atoms with Crippen LogP contribution in [0.2, 0.25) is 5.02 Å². The molecule has 1 fully saturated rings. The van der Waals surface area contributed by atoms with Gasteiger partial charge in [-0.2, -0.15) is 9.78 Å². The zero-order valence-electron chi connectivity index (χ0n) is 15.6. The second kappa shape index (κ2) is 7.57. The average Bonchev–Trinajstić information content (AvgIpc) is 2.71. The summed E-state index contributed by atoms with van der Waals surface area (Å²) in [4.78, 5) is 14.7. The molecule has 4 rings (SSSR count). The standard InChI is InChI=1S/C21H18ClF2N3O2/c1-21(14-5-3-2-4-6-14)13-26(9-10-29-21)18-12-25-27(20(28)19(18)22)17-8-7-15(23)11-16(17)24/h2-8,11-12H,9-10,13H2,1H3. The van der Waals surface area contributed by atoms with Crippen molar-refractivity contribution >= 4 is 17.3 Å². The predicted octanol–water partition coefficient (Wildman–Crippen LogP) is 3.92. The number of halogens is 3. The topological polar surface area (TPSA) is 47.4 Å². The van der Waals surface area contributed by atoms with Gasteiger partial charge >= 0.3 is 0 Å². The molecular weight excluding hydrogens is 400 g/mol. The van der Waals surface area contributed by atoms with Crippen molar-refractivity contribution in [3.8, 4) is 5.69 Å². The van der Waals surface area contributed by atoms with Gasteiger partial charge in [0.15, 0.2) is 5.82 Å². The SMILES string of the molecule is CC1(c2ccccc2)CN(c2cnn(-c3ccc(F)cc3F)c(=O)c2Cl)CCO1. The first-order valence-corrected chi connectivity index (χ1v) is 9.44. The molecule has 29 heavy (non-hydrogen) atoms. The molecule has 2 aromatic carbocycles. The van der Waals surface area contributed by atoms with Crippen molar-refractivity contribution in [3.05, 3.63) is 87.3 Å². The molecular formula is C21H18ClF2N3O2. The van der Waals surface area contributed by atoms with Crippen molar-refractivity contribution < 1.29 is 13.5 Å². The van der Waals surface area contributed by atoms with Crippen LogP contribution >= 0.6 is 11.6 Å². The highest BCUT2D eigenvalue weighted by atomic mass is 35.5. The Morgan fingerprint density at radius 1 is 1.14 bits per heavy atom. The van der Waals surface area contributed by atoms with E-state index in [2.05, 4.69) is 5.10 Å². The Morgan fingerprint density at radius 3 is 2.62 bits per heavy atom. The van der Waals surface area contributed by atoms with E-state index >= 15 is 0 Å². The smallest absolute Gasteiger partial charge is 0.292 e. The number of ether oxygens (including phenoxy) is 1. The van der Waals surface area contributed by atoms with Crippen molar-refractivity contribution in [3.63, 3.8) is 0 Å². The number of morpholine rings is 1. The van der Waals surface area contributed by atoms with Crippen LogP contribution in [0.5, 0.6) is 0 Å². The van der Waals surface area contributed by atoms with Gasteiger partial charge < -0.3 is 9.64 Å². The van der Waals surface area contributed by atoms with E-state index in [9.17, 15) is 13.6 Å². The molecule has 1 unspecified atom stereocenters. The molecule has 3 aromatic rings. The maximum atomic E-state index is 14.1. The van der Waals surface area contributed by atoms with Crippen LogP contribution in [0.15, 0.2) is 59.5 Å². The van der Waals surface area contributed by atoms with Gasteiger partial charge in [-0.25, -0.2) is 8.78 Å². The molecule has 1 atom stereocenters. The summed E-state index contributed by atoms with van der Waals surface area (Å²) < 4.78 is 34.1. The van der Waals surface area contributed by atoms with E-state index in [1.165, 1.54) is 6.20 Å². The lowest BCUT2D eigenvalue weighted by molar-refractivity contribution is -0.0466. The number of hydrogen-bond acceptors (Lipinski definition) is 4. The number of rotatable bonds is 3. The quantitative estimate of drug-likeness (QED) is 0.648. The van der Waals surface area contributed by atoms with Gasteiger partial charge in [-0.3, -0.25) is 4.79 Å². The lowest BCUT2D eigenvalue weighted by Crippen LogP contribution is -2.48. The molecule has 8 heteroatoms. The van der Waals surface area contributed by atoms with Crippen LogP contribution in [0.25, 0.3) is 5.69 Å². The summed E-state index contributed by atoms with van der Waals surface area (Å²) in [7, 11) is 0. The summed E-state index contributed by atoms with van der Waals surface area (Å²) >= 11 is 6.35. The summed E-state index contributed by atoms with van der Waals surface area (Å²) in [5.41, 5.74) is 0.0285. The second-order valence-corrected chi connectivity index (χ2v) is 7.40. The van der Waals surface area contributed by atoms with Crippen molar-refractivity contribution in [2.24, 2.45) is 0 Å². The lowest BCUT2D eigenvalue weighted by atomic mass is 9.93. The number of nitrogens with zero attached hydrogens (tertiary/aromatic N) is 3. The minimum Gasteiger partial charge on any atom is -0.367 e. The molecule has 1 aliphatic heterocycles. The normalized spacial score (nSPS) is 19.4. The first-order valence-electron chi connectivity index (χ1n) is 9.07. The fraction of sp³-hybridized carbons (Fsp3) is 0.238. The molecule has 0 spiro atoms. The highest BCUT2D eigenvalue weighted by molar-refractivity contribution is 6.33. The van der Waals surface area contributed by atoms with Gasteiger partial charge in [0, 0.05) is 12.6 Å². The van der Waals surface area contributed by atoms with E-state index in [1.807, 2.05) is 42.2 Å². The Hall–Kier alpha value is -2.77.